The fourth-order valence-electron chi connectivity index (χ4n) is 9.70. The standard InChI is InChI=1S/C50H35NO/c1-49(2)39-21-10-8-19-36(39)38-31-34(28-30-40(38)49)51(33-16-4-3-5-17-33)45-25-14-24-43-47(45)37-20-9-11-22-41(37)50(43)42-23-12-13-26-46(42)52-48-35-18-7-6-15-32(35)27-29-44(48)50/h3-31H,1-2H3. The summed E-state index contributed by atoms with van der Waals surface area (Å²) in [6.07, 6.45) is 0. The number of fused-ring (bicyclic) bond motifs is 14. The Morgan fingerprint density at radius 1 is 0.442 bits per heavy atom. The van der Waals surface area contributed by atoms with Gasteiger partial charge in [-0.3, -0.25) is 0 Å². The minimum atomic E-state index is -0.570. The summed E-state index contributed by atoms with van der Waals surface area (Å²) in [5, 5.41) is 2.30. The predicted molar refractivity (Wildman–Crippen MR) is 214 cm³/mol. The lowest BCUT2D eigenvalue weighted by Crippen LogP contribution is -2.32. The van der Waals surface area contributed by atoms with E-state index in [1.807, 2.05) is 0 Å². The Hall–Kier alpha value is -6.38. The second kappa shape index (κ2) is 10.6. The third kappa shape index (κ3) is 3.74. The van der Waals surface area contributed by atoms with Crippen LogP contribution in [0.1, 0.15) is 47.2 Å². The second-order valence-electron chi connectivity index (χ2n) is 14.8. The summed E-state index contributed by atoms with van der Waals surface area (Å²) in [7, 11) is 0. The summed E-state index contributed by atoms with van der Waals surface area (Å²) >= 11 is 0. The highest BCUT2D eigenvalue weighted by molar-refractivity contribution is 6.01. The minimum Gasteiger partial charge on any atom is -0.456 e. The van der Waals surface area contributed by atoms with Crippen LogP contribution in [0, 0.1) is 0 Å². The largest absolute Gasteiger partial charge is 0.456 e. The van der Waals surface area contributed by atoms with Crippen molar-refractivity contribution in [1.29, 1.82) is 0 Å². The molecule has 2 nitrogen and oxygen atoms in total. The highest BCUT2D eigenvalue weighted by Crippen LogP contribution is 2.65. The number of nitrogens with zero attached hydrogens (tertiary/aromatic N) is 1. The lowest BCUT2D eigenvalue weighted by atomic mass is 9.65. The predicted octanol–water partition coefficient (Wildman–Crippen LogP) is 13.1. The zero-order valence-corrected chi connectivity index (χ0v) is 29.1. The van der Waals surface area contributed by atoms with Crippen LogP contribution in [-0.4, -0.2) is 0 Å². The molecule has 2 heteroatoms. The van der Waals surface area contributed by atoms with E-state index in [0.717, 1.165) is 33.9 Å². The summed E-state index contributed by atoms with van der Waals surface area (Å²) < 4.78 is 6.90. The number of hydrogen-bond acceptors (Lipinski definition) is 2. The molecule has 1 unspecified atom stereocenters. The van der Waals surface area contributed by atoms with Crippen LogP contribution in [0.3, 0.4) is 0 Å². The molecule has 0 N–H and O–H groups in total. The molecule has 11 rings (SSSR count). The maximum atomic E-state index is 6.90. The van der Waals surface area contributed by atoms with E-state index in [1.54, 1.807) is 0 Å². The Labute approximate surface area is 304 Å². The number of para-hydroxylation sites is 2. The first-order chi connectivity index (χ1) is 25.6. The van der Waals surface area contributed by atoms with Crippen molar-refractivity contribution in [2.24, 2.45) is 0 Å². The summed E-state index contributed by atoms with van der Waals surface area (Å²) in [4.78, 5) is 2.47. The average Bonchev–Trinajstić information content (AvgIpc) is 3.62. The van der Waals surface area contributed by atoms with Crippen molar-refractivity contribution in [3.8, 4) is 33.8 Å². The molecule has 8 aromatic rings. The van der Waals surface area contributed by atoms with Crippen LogP contribution in [0.25, 0.3) is 33.0 Å². The van der Waals surface area contributed by atoms with Gasteiger partial charge in [-0.2, -0.15) is 0 Å². The molecule has 3 aliphatic rings. The van der Waals surface area contributed by atoms with Gasteiger partial charge in [-0.1, -0.05) is 153 Å². The van der Waals surface area contributed by atoms with E-state index in [-0.39, 0.29) is 5.41 Å². The molecule has 0 aromatic heterocycles. The van der Waals surface area contributed by atoms with Gasteiger partial charge in [-0.25, -0.2) is 0 Å². The first kappa shape index (κ1) is 29.4. The third-order valence-corrected chi connectivity index (χ3v) is 11.9. The third-order valence-electron chi connectivity index (χ3n) is 11.9. The molecule has 0 bridgehead atoms. The van der Waals surface area contributed by atoms with Crippen molar-refractivity contribution >= 4 is 27.8 Å². The molecule has 0 saturated heterocycles. The summed E-state index contributed by atoms with van der Waals surface area (Å²) in [6, 6.07) is 64.6. The van der Waals surface area contributed by atoms with E-state index in [2.05, 4.69) is 195 Å². The van der Waals surface area contributed by atoms with Crippen molar-refractivity contribution in [3.63, 3.8) is 0 Å². The van der Waals surface area contributed by atoms with Crippen LogP contribution >= 0.6 is 0 Å². The fraction of sp³-hybridized carbons (Fsp3) is 0.0800. The molecule has 0 fully saturated rings. The van der Waals surface area contributed by atoms with Gasteiger partial charge in [0.05, 0.1) is 11.1 Å². The zero-order chi connectivity index (χ0) is 34.6. The minimum absolute atomic E-state index is 0.0602. The lowest BCUT2D eigenvalue weighted by molar-refractivity contribution is 0.441. The SMILES string of the molecule is CC1(C)c2ccccc2-c2cc(N(c3ccccc3)c3cccc4c3-c3ccccc3C43c4ccccc4Oc4c3ccc3ccccc43)ccc21. The van der Waals surface area contributed by atoms with Crippen molar-refractivity contribution in [1.82, 2.24) is 0 Å². The molecule has 246 valence electrons. The number of rotatable bonds is 3. The summed E-state index contributed by atoms with van der Waals surface area (Å²) in [5.41, 5.74) is 15.6. The van der Waals surface area contributed by atoms with Gasteiger partial charge in [0.1, 0.15) is 11.5 Å². The highest BCUT2D eigenvalue weighted by atomic mass is 16.5. The molecule has 1 heterocycles. The van der Waals surface area contributed by atoms with Crippen LogP contribution in [-0.2, 0) is 10.8 Å². The van der Waals surface area contributed by atoms with Gasteiger partial charge in [0, 0.05) is 38.9 Å². The lowest BCUT2D eigenvalue weighted by Gasteiger charge is -2.40. The normalized spacial score (nSPS) is 16.7. The summed E-state index contributed by atoms with van der Waals surface area (Å²) in [6.45, 7) is 4.69. The van der Waals surface area contributed by atoms with Gasteiger partial charge in [-0.15, -0.1) is 0 Å². The Morgan fingerprint density at radius 2 is 1.10 bits per heavy atom. The Balaban J connectivity index is 1.23. The quantitative estimate of drug-likeness (QED) is 0.186. The molecule has 8 aromatic carbocycles. The van der Waals surface area contributed by atoms with E-state index in [4.69, 9.17) is 4.74 Å². The van der Waals surface area contributed by atoms with Crippen LogP contribution in [0.15, 0.2) is 176 Å². The first-order valence-corrected chi connectivity index (χ1v) is 18.2. The molecule has 0 amide bonds. The Morgan fingerprint density at radius 3 is 1.96 bits per heavy atom. The van der Waals surface area contributed by atoms with E-state index < -0.39 is 5.41 Å². The Kier molecular flexibility index (Phi) is 5.97. The Bertz CT molecular complexity index is 2760. The maximum absolute atomic E-state index is 6.90. The van der Waals surface area contributed by atoms with Crippen LogP contribution in [0.4, 0.5) is 17.1 Å². The van der Waals surface area contributed by atoms with E-state index >= 15 is 0 Å². The van der Waals surface area contributed by atoms with Gasteiger partial charge < -0.3 is 9.64 Å². The van der Waals surface area contributed by atoms with Crippen molar-refractivity contribution in [2.45, 2.75) is 24.7 Å². The monoisotopic (exact) mass is 665 g/mol. The highest BCUT2D eigenvalue weighted by Gasteiger charge is 2.52. The van der Waals surface area contributed by atoms with Crippen LogP contribution < -0.4 is 9.64 Å². The fourth-order valence-corrected chi connectivity index (χ4v) is 9.70. The molecule has 0 radical (unpaired) electrons. The van der Waals surface area contributed by atoms with E-state index in [1.165, 1.54) is 61.0 Å². The van der Waals surface area contributed by atoms with Gasteiger partial charge in [-0.05, 0) is 80.7 Å². The van der Waals surface area contributed by atoms with Crippen LogP contribution in [0.2, 0.25) is 0 Å². The molecular formula is C50H35NO. The topological polar surface area (TPSA) is 12.5 Å². The van der Waals surface area contributed by atoms with Gasteiger partial charge in [0.25, 0.3) is 0 Å². The maximum Gasteiger partial charge on any atom is 0.140 e. The zero-order valence-electron chi connectivity index (χ0n) is 29.1. The molecule has 1 aliphatic heterocycles. The van der Waals surface area contributed by atoms with E-state index in [0.29, 0.717) is 0 Å². The number of ether oxygens (including phenoxy) is 1. The summed E-state index contributed by atoms with van der Waals surface area (Å²) in [5.74, 6) is 1.84. The first-order valence-electron chi connectivity index (χ1n) is 18.2. The van der Waals surface area contributed by atoms with Crippen molar-refractivity contribution in [2.75, 3.05) is 4.90 Å². The number of hydrogen-bond donors (Lipinski definition) is 0. The molecule has 1 spiro atoms. The molecule has 52 heavy (non-hydrogen) atoms. The van der Waals surface area contributed by atoms with Crippen LogP contribution in [0.5, 0.6) is 11.5 Å². The molecule has 1 atom stereocenters. The van der Waals surface area contributed by atoms with Crippen molar-refractivity contribution < 1.29 is 4.74 Å². The van der Waals surface area contributed by atoms with Gasteiger partial charge in [0.15, 0.2) is 0 Å². The van der Waals surface area contributed by atoms with E-state index in [9.17, 15) is 0 Å². The van der Waals surface area contributed by atoms with Gasteiger partial charge in [0.2, 0.25) is 0 Å². The van der Waals surface area contributed by atoms with Gasteiger partial charge >= 0.3 is 0 Å². The number of benzene rings is 8. The molecule has 0 saturated carbocycles. The number of anilines is 3. The second-order valence-corrected chi connectivity index (χ2v) is 14.8. The smallest absolute Gasteiger partial charge is 0.140 e. The molecular weight excluding hydrogens is 631 g/mol. The average molecular weight is 666 g/mol. The van der Waals surface area contributed by atoms with Crippen molar-refractivity contribution in [3.05, 3.63) is 209 Å². The molecule has 2 aliphatic carbocycles.